The van der Waals surface area contributed by atoms with E-state index in [-0.39, 0.29) is 5.56 Å². The minimum atomic E-state index is -1.47. The molecule has 0 amide bonds. The lowest BCUT2D eigenvalue weighted by Crippen LogP contribution is -2.14. The highest BCUT2D eigenvalue weighted by Gasteiger charge is 2.17. The van der Waals surface area contributed by atoms with Crippen LogP contribution in [0.5, 0.6) is 0 Å². The Morgan fingerprint density at radius 2 is 1.76 bits per heavy atom. The molecule has 112 valence electrons. The first-order chi connectivity index (χ1) is 10.0. The maximum Gasteiger partial charge on any atom is 0.195 e. The van der Waals surface area contributed by atoms with Gasteiger partial charge in [-0.15, -0.1) is 0 Å². The smallest absolute Gasteiger partial charge is 0.195 e. The number of benzene rings is 2. The van der Waals surface area contributed by atoms with Gasteiger partial charge in [0.05, 0.1) is 0 Å². The highest BCUT2D eigenvalue weighted by molar-refractivity contribution is 6.30. The zero-order valence-corrected chi connectivity index (χ0v) is 12.3. The van der Waals surface area contributed by atoms with Crippen LogP contribution in [0.25, 0.3) is 11.1 Å². The van der Waals surface area contributed by atoms with E-state index in [1.54, 1.807) is 18.2 Å². The summed E-state index contributed by atoms with van der Waals surface area (Å²) in [6.45, 7) is 3.34. The van der Waals surface area contributed by atoms with Crippen LogP contribution in [0.3, 0.4) is 0 Å². The zero-order chi connectivity index (χ0) is 15.4. The monoisotopic (exact) mass is 313 g/mol. The lowest BCUT2D eigenvalue weighted by Gasteiger charge is -2.12. The van der Waals surface area contributed by atoms with Crippen LogP contribution in [0.4, 0.5) is 13.2 Å². The molecular weight excluding hydrogens is 299 g/mol. The van der Waals surface area contributed by atoms with Crippen LogP contribution in [-0.2, 0) is 6.54 Å². The molecule has 1 nitrogen and oxygen atoms in total. The summed E-state index contributed by atoms with van der Waals surface area (Å²) in [5, 5.41) is 3.60. The van der Waals surface area contributed by atoms with Gasteiger partial charge in [0.2, 0.25) is 0 Å². The summed E-state index contributed by atoms with van der Waals surface area (Å²) < 4.78 is 40.4. The first-order valence-corrected chi connectivity index (χ1v) is 7.05. The van der Waals surface area contributed by atoms with Gasteiger partial charge in [0.25, 0.3) is 0 Å². The highest BCUT2D eigenvalue weighted by atomic mass is 35.5. The van der Waals surface area contributed by atoms with Crippen molar-refractivity contribution in [3.05, 3.63) is 58.4 Å². The fourth-order valence-corrected chi connectivity index (χ4v) is 2.26. The summed E-state index contributed by atoms with van der Waals surface area (Å²) in [5.41, 5.74) is 1.24. The van der Waals surface area contributed by atoms with Crippen molar-refractivity contribution in [2.24, 2.45) is 0 Å². The second-order valence-corrected chi connectivity index (χ2v) is 5.14. The number of nitrogens with one attached hydrogen (secondary N) is 1. The van der Waals surface area contributed by atoms with E-state index < -0.39 is 17.5 Å². The SMILES string of the molecule is CCCNCc1ccc(Cl)cc1-c1ccc(F)c(F)c1F. The number of rotatable bonds is 5. The number of hydrogen-bond acceptors (Lipinski definition) is 1. The maximum atomic E-state index is 14.0. The Hall–Kier alpha value is -1.52. The van der Waals surface area contributed by atoms with E-state index in [0.717, 1.165) is 24.6 Å². The van der Waals surface area contributed by atoms with E-state index in [4.69, 9.17) is 11.6 Å². The van der Waals surface area contributed by atoms with Crippen LogP contribution in [0.1, 0.15) is 18.9 Å². The van der Waals surface area contributed by atoms with Crippen LogP contribution in [0, 0.1) is 17.5 Å². The summed E-state index contributed by atoms with van der Waals surface area (Å²) in [7, 11) is 0. The lowest BCUT2D eigenvalue weighted by molar-refractivity contribution is 0.449. The molecule has 0 atom stereocenters. The van der Waals surface area contributed by atoms with Crippen molar-refractivity contribution in [2.75, 3.05) is 6.54 Å². The van der Waals surface area contributed by atoms with Crippen molar-refractivity contribution >= 4 is 11.6 Å². The van der Waals surface area contributed by atoms with Gasteiger partial charge in [-0.3, -0.25) is 0 Å². The van der Waals surface area contributed by atoms with E-state index >= 15 is 0 Å². The fourth-order valence-electron chi connectivity index (χ4n) is 2.09. The predicted molar refractivity (Wildman–Crippen MR) is 78.8 cm³/mol. The molecule has 0 heterocycles. The van der Waals surface area contributed by atoms with Crippen molar-refractivity contribution in [3.63, 3.8) is 0 Å². The molecule has 2 aromatic rings. The molecule has 0 aromatic heterocycles. The van der Waals surface area contributed by atoms with Gasteiger partial charge in [-0.2, -0.15) is 0 Å². The quantitative estimate of drug-likeness (QED) is 0.610. The summed E-state index contributed by atoms with van der Waals surface area (Å²) >= 11 is 5.94. The third-order valence-electron chi connectivity index (χ3n) is 3.14. The summed E-state index contributed by atoms with van der Waals surface area (Å²) in [4.78, 5) is 0. The normalized spacial score (nSPS) is 10.9. The molecule has 2 rings (SSSR count). The minimum absolute atomic E-state index is 0.00435. The molecule has 2 aromatic carbocycles. The molecule has 5 heteroatoms. The van der Waals surface area contributed by atoms with Crippen LogP contribution >= 0.6 is 11.6 Å². The van der Waals surface area contributed by atoms with Crippen LogP contribution in [0.15, 0.2) is 30.3 Å². The van der Waals surface area contributed by atoms with Gasteiger partial charge in [-0.1, -0.05) is 24.6 Å². The van der Waals surface area contributed by atoms with Gasteiger partial charge in [0.15, 0.2) is 17.5 Å². The largest absolute Gasteiger partial charge is 0.313 e. The predicted octanol–water partition coefficient (Wildman–Crippen LogP) is 4.92. The Bertz CT molecular complexity index is 644. The van der Waals surface area contributed by atoms with Gasteiger partial charge in [0.1, 0.15) is 0 Å². The van der Waals surface area contributed by atoms with E-state index in [9.17, 15) is 13.2 Å². The summed E-state index contributed by atoms with van der Waals surface area (Å²) in [6, 6.07) is 7.13. The summed E-state index contributed by atoms with van der Waals surface area (Å²) in [5.74, 6) is -3.88. The van der Waals surface area contributed by atoms with Crippen molar-refractivity contribution in [1.82, 2.24) is 5.32 Å². The maximum absolute atomic E-state index is 14.0. The molecule has 0 aliphatic heterocycles. The molecule has 0 saturated carbocycles. The molecule has 0 radical (unpaired) electrons. The second kappa shape index (κ2) is 6.96. The topological polar surface area (TPSA) is 12.0 Å². The van der Waals surface area contributed by atoms with E-state index in [2.05, 4.69) is 5.32 Å². The average Bonchev–Trinajstić information content (AvgIpc) is 2.47. The number of hydrogen-bond donors (Lipinski definition) is 1. The minimum Gasteiger partial charge on any atom is -0.313 e. The van der Waals surface area contributed by atoms with Crippen LogP contribution in [0.2, 0.25) is 5.02 Å². The molecule has 0 spiro atoms. The Labute approximate surface area is 126 Å². The molecule has 0 aliphatic carbocycles. The van der Waals surface area contributed by atoms with E-state index in [1.807, 2.05) is 6.92 Å². The van der Waals surface area contributed by atoms with Gasteiger partial charge in [0, 0.05) is 17.1 Å². The van der Waals surface area contributed by atoms with Gasteiger partial charge in [-0.25, -0.2) is 13.2 Å². The van der Waals surface area contributed by atoms with Crippen LogP contribution < -0.4 is 5.32 Å². The first kappa shape index (κ1) is 15.9. The third kappa shape index (κ3) is 3.57. The van der Waals surface area contributed by atoms with Crippen molar-refractivity contribution in [2.45, 2.75) is 19.9 Å². The molecule has 21 heavy (non-hydrogen) atoms. The summed E-state index contributed by atoms with van der Waals surface area (Å²) in [6.07, 6.45) is 0.961. The Balaban J connectivity index is 2.47. The number of halogens is 4. The lowest BCUT2D eigenvalue weighted by atomic mass is 9.98. The third-order valence-corrected chi connectivity index (χ3v) is 3.37. The van der Waals surface area contributed by atoms with E-state index in [1.165, 1.54) is 6.07 Å². The second-order valence-electron chi connectivity index (χ2n) is 4.70. The molecular formula is C16H15ClF3N. The van der Waals surface area contributed by atoms with Crippen molar-refractivity contribution in [1.29, 1.82) is 0 Å². The molecule has 0 aliphatic rings. The molecule has 0 saturated heterocycles. The molecule has 0 fully saturated rings. The van der Waals surface area contributed by atoms with Gasteiger partial charge in [-0.05, 0) is 48.4 Å². The average molecular weight is 314 g/mol. The molecule has 0 unspecified atom stereocenters. The molecule has 0 bridgehead atoms. The van der Waals surface area contributed by atoms with Gasteiger partial charge >= 0.3 is 0 Å². The first-order valence-electron chi connectivity index (χ1n) is 6.67. The zero-order valence-electron chi connectivity index (χ0n) is 11.5. The van der Waals surface area contributed by atoms with Gasteiger partial charge < -0.3 is 5.32 Å². The Morgan fingerprint density at radius 1 is 1.00 bits per heavy atom. The fraction of sp³-hybridized carbons (Fsp3) is 0.250. The van der Waals surface area contributed by atoms with E-state index in [0.29, 0.717) is 17.1 Å². The van der Waals surface area contributed by atoms with Crippen molar-refractivity contribution in [3.8, 4) is 11.1 Å². The standard InChI is InChI=1S/C16H15ClF3N/c1-2-7-21-9-10-3-4-11(17)8-13(10)12-5-6-14(18)16(20)15(12)19/h3-6,8,21H,2,7,9H2,1H3. The Kier molecular flexibility index (Phi) is 5.26. The Morgan fingerprint density at radius 3 is 2.48 bits per heavy atom. The van der Waals surface area contributed by atoms with Crippen molar-refractivity contribution < 1.29 is 13.2 Å². The molecule has 1 N–H and O–H groups in total. The van der Waals surface area contributed by atoms with Crippen LogP contribution in [-0.4, -0.2) is 6.54 Å². The highest BCUT2D eigenvalue weighted by Crippen LogP contribution is 2.31.